The van der Waals surface area contributed by atoms with Gasteiger partial charge in [-0.05, 0) is 29.7 Å². The minimum absolute atomic E-state index is 0.876. The van der Waals surface area contributed by atoms with Crippen molar-refractivity contribution in [3.05, 3.63) is 5.82 Å². The predicted octanol–water partition coefficient (Wildman–Crippen LogP) is 2.03. The summed E-state index contributed by atoms with van der Waals surface area (Å²) >= 11 is 5.29. The second-order valence-electron chi connectivity index (χ2n) is 4.48. The molecule has 0 unspecified atom stereocenters. The van der Waals surface area contributed by atoms with Crippen LogP contribution in [0.2, 0.25) is 0 Å². The van der Waals surface area contributed by atoms with Crippen LogP contribution in [-0.2, 0) is 13.5 Å². The Morgan fingerprint density at radius 2 is 2.11 bits per heavy atom. The fourth-order valence-electron chi connectivity index (χ4n) is 1.73. The van der Waals surface area contributed by atoms with Crippen LogP contribution in [0.5, 0.6) is 0 Å². The maximum atomic E-state index is 5.29. The lowest BCUT2D eigenvalue weighted by molar-refractivity contribution is 0.647. The molecule has 0 saturated carbocycles. The van der Waals surface area contributed by atoms with Crippen LogP contribution in [0.1, 0.15) is 51.3 Å². The van der Waals surface area contributed by atoms with E-state index in [0.717, 1.165) is 36.6 Å². The third kappa shape index (κ3) is 6.05. The van der Waals surface area contributed by atoms with Crippen molar-refractivity contribution >= 4 is 17.2 Å². The molecule has 1 aromatic heterocycles. The number of tetrazole rings is 1. The average molecular weight is 269 g/mol. The number of thiocarbonyl (C=S) groups is 1. The van der Waals surface area contributed by atoms with Gasteiger partial charge in [0.15, 0.2) is 5.82 Å². The van der Waals surface area contributed by atoms with E-state index in [9.17, 15) is 0 Å². The van der Waals surface area contributed by atoms with Crippen molar-refractivity contribution in [3.8, 4) is 0 Å². The van der Waals surface area contributed by atoms with Crippen LogP contribution >= 0.6 is 12.2 Å². The number of hydrogen-bond donors (Lipinski definition) is 1. The van der Waals surface area contributed by atoms with E-state index in [1.807, 2.05) is 7.05 Å². The van der Waals surface area contributed by atoms with Crippen LogP contribution in [0.4, 0.5) is 0 Å². The summed E-state index contributed by atoms with van der Waals surface area (Å²) in [6.07, 6.45) is 7.87. The summed E-state index contributed by atoms with van der Waals surface area (Å²) in [5.41, 5.74) is 0. The van der Waals surface area contributed by atoms with Gasteiger partial charge < -0.3 is 5.32 Å². The van der Waals surface area contributed by atoms with Gasteiger partial charge in [-0.15, -0.1) is 5.10 Å². The Morgan fingerprint density at radius 3 is 2.78 bits per heavy atom. The molecule has 0 saturated heterocycles. The smallest absolute Gasteiger partial charge is 0.150 e. The van der Waals surface area contributed by atoms with Crippen LogP contribution in [0.3, 0.4) is 0 Å². The molecule has 1 N–H and O–H groups in total. The normalized spacial score (nSPS) is 10.6. The summed E-state index contributed by atoms with van der Waals surface area (Å²) in [5.74, 6) is 0.917. The van der Waals surface area contributed by atoms with Gasteiger partial charge in [0.05, 0.1) is 4.99 Å². The molecule has 0 fully saturated rings. The van der Waals surface area contributed by atoms with E-state index in [4.69, 9.17) is 12.2 Å². The number of aromatic nitrogens is 4. The molecule has 1 heterocycles. The molecule has 0 amide bonds. The summed E-state index contributed by atoms with van der Waals surface area (Å²) in [4.78, 5) is 0.960. The highest BCUT2D eigenvalue weighted by molar-refractivity contribution is 7.80. The van der Waals surface area contributed by atoms with Crippen LogP contribution in [0.25, 0.3) is 0 Å². The fourth-order valence-corrected chi connectivity index (χ4v) is 1.98. The quantitative estimate of drug-likeness (QED) is 0.549. The Morgan fingerprint density at radius 1 is 1.28 bits per heavy atom. The van der Waals surface area contributed by atoms with Crippen LogP contribution < -0.4 is 5.32 Å². The lowest BCUT2D eigenvalue weighted by Gasteiger charge is -2.07. The van der Waals surface area contributed by atoms with Gasteiger partial charge in [0, 0.05) is 20.0 Å². The van der Waals surface area contributed by atoms with Gasteiger partial charge in [0.25, 0.3) is 0 Å². The molecule has 1 aromatic rings. The molecule has 0 bridgehead atoms. The summed E-state index contributed by atoms with van der Waals surface area (Å²) < 4.78 is 1.71. The number of hydrogen-bond acceptors (Lipinski definition) is 4. The van der Waals surface area contributed by atoms with Crippen molar-refractivity contribution in [3.63, 3.8) is 0 Å². The van der Waals surface area contributed by atoms with Gasteiger partial charge in [0.1, 0.15) is 0 Å². The van der Waals surface area contributed by atoms with E-state index in [-0.39, 0.29) is 0 Å². The van der Waals surface area contributed by atoms with E-state index in [1.54, 1.807) is 4.68 Å². The average Bonchev–Trinajstić information content (AvgIpc) is 2.75. The maximum Gasteiger partial charge on any atom is 0.150 e. The number of rotatable bonds is 9. The van der Waals surface area contributed by atoms with Gasteiger partial charge >= 0.3 is 0 Å². The van der Waals surface area contributed by atoms with E-state index in [2.05, 4.69) is 27.8 Å². The predicted molar refractivity (Wildman–Crippen MR) is 76.5 cm³/mol. The molecule has 1 rings (SSSR count). The lowest BCUT2D eigenvalue weighted by atomic mass is 10.2. The zero-order chi connectivity index (χ0) is 13.2. The molecule has 0 aliphatic carbocycles. The summed E-state index contributed by atoms with van der Waals surface area (Å²) in [6, 6.07) is 0. The van der Waals surface area contributed by atoms with Gasteiger partial charge in [-0.1, -0.05) is 38.4 Å². The molecule has 5 nitrogen and oxygen atoms in total. The van der Waals surface area contributed by atoms with Gasteiger partial charge in [-0.25, -0.2) is 4.68 Å². The van der Waals surface area contributed by atoms with Crippen molar-refractivity contribution in [2.45, 2.75) is 51.9 Å². The first-order valence-corrected chi connectivity index (χ1v) is 7.12. The van der Waals surface area contributed by atoms with E-state index >= 15 is 0 Å². The van der Waals surface area contributed by atoms with Gasteiger partial charge in [-0.3, -0.25) is 0 Å². The maximum absolute atomic E-state index is 5.29. The Bertz CT molecular complexity index is 350. The van der Waals surface area contributed by atoms with Gasteiger partial charge in [0.2, 0.25) is 0 Å². The molecule has 6 heteroatoms. The molecule has 0 aliphatic heterocycles. The van der Waals surface area contributed by atoms with Crippen molar-refractivity contribution in [2.75, 3.05) is 6.54 Å². The standard InChI is InChI=1S/C12H23N5S/c1-3-4-5-6-10-13-12(18)9-7-8-11-14-15-16-17(11)2/h3-10H2,1-2H3,(H,13,18). The number of nitrogens with one attached hydrogen (secondary N) is 1. The molecule has 0 radical (unpaired) electrons. The highest BCUT2D eigenvalue weighted by atomic mass is 32.1. The molecule has 0 aliphatic rings. The fraction of sp³-hybridized carbons (Fsp3) is 0.833. The highest BCUT2D eigenvalue weighted by Gasteiger charge is 2.02. The van der Waals surface area contributed by atoms with E-state index in [0.29, 0.717) is 0 Å². The summed E-state index contributed by atoms with van der Waals surface area (Å²) in [7, 11) is 1.86. The second-order valence-corrected chi connectivity index (χ2v) is 4.98. The Labute approximate surface area is 114 Å². The molecule has 18 heavy (non-hydrogen) atoms. The largest absolute Gasteiger partial charge is 0.380 e. The van der Waals surface area contributed by atoms with E-state index in [1.165, 1.54) is 25.7 Å². The topological polar surface area (TPSA) is 55.6 Å². The second kappa shape index (κ2) is 8.97. The molecule has 0 atom stereocenters. The third-order valence-corrected chi connectivity index (χ3v) is 3.21. The molecule has 0 spiro atoms. The SMILES string of the molecule is CCCCCCNC(=S)CCCc1nnnn1C. The van der Waals surface area contributed by atoms with Crippen molar-refractivity contribution in [1.82, 2.24) is 25.5 Å². The number of aryl methyl sites for hydroxylation is 2. The van der Waals surface area contributed by atoms with Crippen LogP contribution in [0, 0.1) is 0 Å². The number of nitrogens with zero attached hydrogens (tertiary/aromatic N) is 4. The van der Waals surface area contributed by atoms with Crippen LogP contribution in [0.15, 0.2) is 0 Å². The van der Waals surface area contributed by atoms with E-state index < -0.39 is 0 Å². The molecule has 0 aromatic carbocycles. The molecule has 102 valence electrons. The van der Waals surface area contributed by atoms with Crippen molar-refractivity contribution in [2.24, 2.45) is 7.05 Å². The molecular formula is C12H23N5S. The summed E-state index contributed by atoms with van der Waals surface area (Å²) in [5, 5.41) is 14.7. The lowest BCUT2D eigenvalue weighted by Crippen LogP contribution is -2.22. The first kappa shape index (κ1) is 15.0. The molecular weight excluding hydrogens is 246 g/mol. The zero-order valence-corrected chi connectivity index (χ0v) is 12.2. The van der Waals surface area contributed by atoms with Crippen molar-refractivity contribution < 1.29 is 0 Å². The van der Waals surface area contributed by atoms with Crippen LogP contribution in [-0.4, -0.2) is 31.7 Å². The first-order valence-electron chi connectivity index (χ1n) is 6.72. The Hall–Kier alpha value is -1.04. The monoisotopic (exact) mass is 269 g/mol. The van der Waals surface area contributed by atoms with Crippen molar-refractivity contribution in [1.29, 1.82) is 0 Å². The Balaban J connectivity index is 2.02. The van der Waals surface area contributed by atoms with Gasteiger partial charge in [-0.2, -0.15) is 0 Å². The highest BCUT2D eigenvalue weighted by Crippen LogP contribution is 2.01. The Kier molecular flexibility index (Phi) is 7.48. The summed E-state index contributed by atoms with van der Waals surface area (Å²) in [6.45, 7) is 3.23. The third-order valence-electron chi connectivity index (χ3n) is 2.86. The minimum atomic E-state index is 0.876. The first-order chi connectivity index (χ1) is 8.74. The number of unbranched alkanes of at least 4 members (excludes halogenated alkanes) is 3. The minimum Gasteiger partial charge on any atom is -0.380 e. The zero-order valence-electron chi connectivity index (χ0n) is 11.4.